The van der Waals surface area contributed by atoms with Crippen LogP contribution in [-0.4, -0.2) is 36.9 Å². The molecule has 0 bridgehead atoms. The lowest BCUT2D eigenvalue weighted by molar-refractivity contribution is -0.143. The third kappa shape index (κ3) is 4.36. The fourth-order valence-electron chi connectivity index (χ4n) is 2.86. The van der Waals surface area contributed by atoms with Crippen molar-refractivity contribution in [1.82, 2.24) is 4.98 Å². The number of carbonyl (C=O) groups is 2. The number of halogens is 1. The minimum absolute atomic E-state index is 0.0104. The smallest absolute Gasteiger partial charge is 0.306 e. The van der Waals surface area contributed by atoms with E-state index in [4.69, 9.17) is 4.74 Å². The quantitative estimate of drug-likeness (QED) is 0.391. The maximum atomic E-state index is 12.9. The summed E-state index contributed by atoms with van der Waals surface area (Å²) in [4.78, 5) is 28.3. The van der Waals surface area contributed by atoms with Gasteiger partial charge in [-0.2, -0.15) is 0 Å². The van der Waals surface area contributed by atoms with E-state index in [-0.39, 0.29) is 50.7 Å². The van der Waals surface area contributed by atoms with Crippen LogP contribution in [0.25, 0.3) is 10.9 Å². The second-order valence-electron chi connectivity index (χ2n) is 6.35. The van der Waals surface area contributed by atoms with Crippen molar-refractivity contribution in [2.75, 3.05) is 6.61 Å². The van der Waals surface area contributed by atoms with Crippen molar-refractivity contribution < 1.29 is 27.9 Å². The van der Waals surface area contributed by atoms with Crippen LogP contribution in [0.1, 0.15) is 30.3 Å². The zero-order valence-corrected chi connectivity index (χ0v) is 18.4. The number of benzene rings is 2. The van der Waals surface area contributed by atoms with E-state index < -0.39 is 21.6 Å². The molecule has 1 heterocycles. The fraction of sp³-hybridized carbons (Fsp3) is 0.190. The van der Waals surface area contributed by atoms with Gasteiger partial charge in [0.1, 0.15) is 5.69 Å². The molecule has 9 heteroatoms. The zero-order chi connectivity index (χ0) is 21.9. The summed E-state index contributed by atoms with van der Waals surface area (Å²) in [5.41, 5.74) is -0.0240. The Hall–Kier alpha value is -2.78. The third-order valence-electron chi connectivity index (χ3n) is 4.36. The Labute approximate surface area is 181 Å². The molecule has 0 saturated heterocycles. The van der Waals surface area contributed by atoms with Crippen molar-refractivity contribution in [3.63, 3.8) is 0 Å². The van der Waals surface area contributed by atoms with E-state index >= 15 is 0 Å². The van der Waals surface area contributed by atoms with Gasteiger partial charge < -0.3 is 9.84 Å². The number of ether oxygens (including phenoxy) is 1. The number of Topliss-reactive ketones (excluding diaryl/α,β-unsaturated/α-hetero) is 1. The van der Waals surface area contributed by atoms with E-state index in [2.05, 4.69) is 20.9 Å². The van der Waals surface area contributed by atoms with Crippen LogP contribution in [-0.2, 0) is 19.4 Å². The lowest BCUT2D eigenvalue weighted by Gasteiger charge is -2.10. The Balaban J connectivity index is 2.02. The molecule has 2 aromatic carbocycles. The first-order valence-corrected chi connectivity index (χ1v) is 11.3. The van der Waals surface area contributed by atoms with Crippen molar-refractivity contribution in [1.29, 1.82) is 0 Å². The molecule has 1 aromatic heterocycles. The zero-order valence-electron chi connectivity index (χ0n) is 16.0. The first-order valence-electron chi connectivity index (χ1n) is 9.07. The van der Waals surface area contributed by atoms with Crippen molar-refractivity contribution in [2.45, 2.75) is 29.6 Å². The summed E-state index contributed by atoms with van der Waals surface area (Å²) >= 11 is 3.24. The molecule has 0 fully saturated rings. The van der Waals surface area contributed by atoms with Gasteiger partial charge in [-0.3, -0.25) is 9.59 Å². The van der Waals surface area contributed by atoms with E-state index in [0.29, 0.717) is 5.39 Å². The first-order chi connectivity index (χ1) is 14.3. The van der Waals surface area contributed by atoms with Gasteiger partial charge in [0.15, 0.2) is 11.5 Å². The summed E-state index contributed by atoms with van der Waals surface area (Å²) in [6.45, 7) is 1.87. The molecule has 0 atom stereocenters. The third-order valence-corrected chi connectivity index (χ3v) is 6.93. The Morgan fingerprint density at radius 3 is 2.43 bits per heavy atom. The van der Waals surface area contributed by atoms with Crippen molar-refractivity contribution in [3.8, 4) is 5.75 Å². The van der Waals surface area contributed by atoms with E-state index in [1.165, 1.54) is 30.3 Å². The number of rotatable bonds is 7. The average molecular weight is 492 g/mol. The minimum atomic E-state index is -3.78. The number of hydrogen-bond donors (Lipinski definition) is 1. The number of aromatic hydroxyl groups is 1. The second kappa shape index (κ2) is 8.93. The topological polar surface area (TPSA) is 111 Å². The molecular formula is C21H18BrNO6S. The van der Waals surface area contributed by atoms with Gasteiger partial charge >= 0.3 is 5.97 Å². The van der Waals surface area contributed by atoms with Gasteiger partial charge in [-0.15, -0.1) is 0 Å². The molecule has 0 spiro atoms. The highest BCUT2D eigenvalue weighted by Crippen LogP contribution is 2.36. The van der Waals surface area contributed by atoms with Crippen LogP contribution < -0.4 is 0 Å². The monoisotopic (exact) mass is 491 g/mol. The molecular weight excluding hydrogens is 474 g/mol. The van der Waals surface area contributed by atoms with Crippen molar-refractivity contribution in [2.24, 2.45) is 0 Å². The van der Waals surface area contributed by atoms with Crippen LogP contribution in [0.5, 0.6) is 5.75 Å². The summed E-state index contributed by atoms with van der Waals surface area (Å²) in [6, 6.07) is 12.2. The highest BCUT2D eigenvalue weighted by Gasteiger charge is 2.22. The summed E-state index contributed by atoms with van der Waals surface area (Å²) in [5.74, 6) is -1.45. The fourth-order valence-corrected chi connectivity index (χ4v) is 4.68. The molecule has 156 valence electrons. The molecule has 0 saturated carbocycles. The van der Waals surface area contributed by atoms with Crippen LogP contribution in [0.3, 0.4) is 0 Å². The van der Waals surface area contributed by atoms with Crippen LogP contribution in [0.2, 0.25) is 0 Å². The average Bonchev–Trinajstić information content (AvgIpc) is 2.75. The number of ketones is 1. The molecule has 30 heavy (non-hydrogen) atoms. The van der Waals surface area contributed by atoms with Gasteiger partial charge in [0.05, 0.1) is 32.8 Å². The SMILES string of the molecule is CCOC(=O)CCC(=O)c1nc2cc(S(=O)(=O)c3ccccc3)ccc2c(Br)c1O. The van der Waals surface area contributed by atoms with Gasteiger partial charge in [0.25, 0.3) is 0 Å². The molecule has 1 N–H and O–H groups in total. The Kier molecular flexibility index (Phi) is 6.52. The summed E-state index contributed by atoms with van der Waals surface area (Å²) in [7, 11) is -3.78. The lowest BCUT2D eigenvalue weighted by atomic mass is 10.1. The minimum Gasteiger partial charge on any atom is -0.504 e. The predicted molar refractivity (Wildman–Crippen MR) is 113 cm³/mol. The van der Waals surface area contributed by atoms with E-state index in [0.717, 1.165) is 0 Å². The van der Waals surface area contributed by atoms with E-state index in [9.17, 15) is 23.1 Å². The normalized spacial score (nSPS) is 11.4. The molecule has 0 aliphatic rings. The number of carbonyl (C=O) groups excluding carboxylic acids is 2. The van der Waals surface area contributed by atoms with Crippen LogP contribution >= 0.6 is 15.9 Å². The van der Waals surface area contributed by atoms with Gasteiger partial charge in [0, 0.05) is 11.8 Å². The van der Waals surface area contributed by atoms with Gasteiger partial charge in [0.2, 0.25) is 9.84 Å². The van der Waals surface area contributed by atoms with Crippen molar-refractivity contribution >= 4 is 48.4 Å². The summed E-state index contributed by atoms with van der Waals surface area (Å²) in [5, 5.41) is 10.8. The van der Waals surface area contributed by atoms with Crippen LogP contribution in [0.4, 0.5) is 0 Å². The number of sulfone groups is 1. The van der Waals surface area contributed by atoms with Crippen molar-refractivity contribution in [3.05, 3.63) is 58.7 Å². The first kappa shape index (κ1) is 21.9. The number of nitrogens with zero attached hydrogens (tertiary/aromatic N) is 1. The number of hydrogen-bond acceptors (Lipinski definition) is 7. The van der Waals surface area contributed by atoms with Gasteiger partial charge in [-0.1, -0.05) is 24.3 Å². The Morgan fingerprint density at radius 2 is 1.77 bits per heavy atom. The molecule has 0 aliphatic heterocycles. The molecule has 0 aliphatic carbocycles. The van der Waals surface area contributed by atoms with Gasteiger partial charge in [-0.05, 0) is 47.1 Å². The molecule has 0 amide bonds. The number of pyridine rings is 1. The summed E-state index contributed by atoms with van der Waals surface area (Å²) < 4.78 is 30.8. The largest absolute Gasteiger partial charge is 0.504 e. The van der Waals surface area contributed by atoms with Crippen LogP contribution in [0.15, 0.2) is 62.8 Å². The maximum Gasteiger partial charge on any atom is 0.306 e. The Bertz CT molecular complexity index is 1230. The highest BCUT2D eigenvalue weighted by atomic mass is 79.9. The standard InChI is InChI=1S/C21H18BrNO6S/c1-2-29-18(25)11-10-17(24)20-21(26)19(22)15-9-8-14(12-16(15)23-20)30(27,28)13-6-4-3-5-7-13/h3-9,12,26H,2,10-11H2,1H3. The molecule has 3 aromatic rings. The second-order valence-corrected chi connectivity index (χ2v) is 9.09. The highest BCUT2D eigenvalue weighted by molar-refractivity contribution is 9.10. The molecule has 3 rings (SSSR count). The maximum absolute atomic E-state index is 12.9. The number of esters is 1. The predicted octanol–water partition coefficient (Wildman–Crippen LogP) is 4.06. The number of aromatic nitrogens is 1. The van der Waals surface area contributed by atoms with E-state index in [1.54, 1.807) is 25.1 Å². The molecule has 0 radical (unpaired) electrons. The number of fused-ring (bicyclic) bond motifs is 1. The lowest BCUT2D eigenvalue weighted by Crippen LogP contribution is -2.10. The molecule has 0 unspecified atom stereocenters. The Morgan fingerprint density at radius 1 is 1.07 bits per heavy atom. The summed E-state index contributed by atoms with van der Waals surface area (Å²) in [6.07, 6.45) is -0.342. The van der Waals surface area contributed by atoms with Gasteiger partial charge in [-0.25, -0.2) is 13.4 Å². The van der Waals surface area contributed by atoms with E-state index in [1.807, 2.05) is 0 Å². The van der Waals surface area contributed by atoms with Crippen LogP contribution in [0, 0.1) is 0 Å². The molecule has 7 nitrogen and oxygen atoms in total.